The molecular formula is C17H21N5O2. The number of hydrogen-bond acceptors (Lipinski definition) is 5. The normalized spacial score (nSPS) is 23.4. The van der Waals surface area contributed by atoms with Crippen molar-refractivity contribution >= 4 is 11.6 Å². The van der Waals surface area contributed by atoms with Gasteiger partial charge in [0, 0.05) is 25.8 Å². The van der Waals surface area contributed by atoms with Crippen molar-refractivity contribution in [1.82, 2.24) is 19.9 Å². The molecule has 1 aromatic carbocycles. The van der Waals surface area contributed by atoms with Crippen LogP contribution < -0.4 is 4.90 Å². The van der Waals surface area contributed by atoms with Crippen LogP contribution in [0.25, 0.3) is 0 Å². The van der Waals surface area contributed by atoms with Gasteiger partial charge in [-0.1, -0.05) is 23.4 Å². The molecule has 7 heteroatoms. The minimum atomic E-state index is 0.0928. The van der Waals surface area contributed by atoms with Crippen molar-refractivity contribution in [1.29, 1.82) is 0 Å². The third-order valence-corrected chi connectivity index (χ3v) is 4.89. The highest BCUT2D eigenvalue weighted by atomic mass is 16.5. The van der Waals surface area contributed by atoms with E-state index < -0.39 is 0 Å². The lowest BCUT2D eigenvalue weighted by Gasteiger charge is -2.41. The number of amides is 1. The van der Waals surface area contributed by atoms with Crippen LogP contribution in [-0.4, -0.2) is 58.6 Å². The van der Waals surface area contributed by atoms with Crippen LogP contribution in [0.1, 0.15) is 18.2 Å². The van der Waals surface area contributed by atoms with Crippen LogP contribution in [-0.2, 0) is 16.1 Å². The van der Waals surface area contributed by atoms with Gasteiger partial charge in [-0.3, -0.25) is 9.69 Å². The molecule has 0 unspecified atom stereocenters. The Kier molecular flexibility index (Phi) is 4.03. The van der Waals surface area contributed by atoms with Crippen LogP contribution in [0, 0.1) is 0 Å². The van der Waals surface area contributed by atoms with Gasteiger partial charge in [0.05, 0.1) is 37.2 Å². The van der Waals surface area contributed by atoms with Crippen LogP contribution in [0.2, 0.25) is 0 Å². The van der Waals surface area contributed by atoms with Crippen LogP contribution >= 0.6 is 0 Å². The SMILES string of the molecule is CN(C(=O)CN1CC[C@@H]2OCc3cnnn3[C@H]2C1)c1ccccc1. The Bertz CT molecular complexity index is 717. The number of nitrogens with zero attached hydrogens (tertiary/aromatic N) is 5. The number of likely N-dealkylation sites (tertiary alicyclic amines) is 1. The maximum atomic E-state index is 12.6. The standard InChI is InChI=1S/C17H21N5O2/c1-20(13-5-3-2-4-6-13)17(23)11-21-8-7-16-15(10-21)22-14(12-24-16)9-18-19-22/h2-6,9,15-16H,7-8,10-12H2,1H3/t15-,16-/m0/s1. The Morgan fingerprint density at radius 3 is 3.04 bits per heavy atom. The maximum absolute atomic E-state index is 12.6. The molecule has 1 aromatic heterocycles. The van der Waals surface area contributed by atoms with Gasteiger partial charge < -0.3 is 9.64 Å². The number of rotatable bonds is 3. The molecule has 4 rings (SSSR count). The van der Waals surface area contributed by atoms with Crippen molar-refractivity contribution in [3.05, 3.63) is 42.2 Å². The van der Waals surface area contributed by atoms with Crippen LogP contribution in [0.5, 0.6) is 0 Å². The topological polar surface area (TPSA) is 63.5 Å². The predicted octanol–water partition coefficient (Wildman–Crippen LogP) is 1.09. The van der Waals surface area contributed by atoms with Gasteiger partial charge in [0.1, 0.15) is 0 Å². The van der Waals surface area contributed by atoms with Gasteiger partial charge in [-0.2, -0.15) is 0 Å². The fraction of sp³-hybridized carbons (Fsp3) is 0.471. The summed E-state index contributed by atoms with van der Waals surface area (Å²) in [6, 6.07) is 9.86. The number of carbonyl (C=O) groups is 1. The molecule has 2 aliphatic heterocycles. The summed E-state index contributed by atoms with van der Waals surface area (Å²) < 4.78 is 7.88. The molecule has 0 aliphatic carbocycles. The van der Waals surface area contributed by atoms with Crippen molar-refractivity contribution in [2.75, 3.05) is 31.6 Å². The van der Waals surface area contributed by atoms with Gasteiger partial charge in [0.2, 0.25) is 5.91 Å². The summed E-state index contributed by atoms with van der Waals surface area (Å²) in [7, 11) is 1.82. The fourth-order valence-electron chi connectivity index (χ4n) is 3.48. The van der Waals surface area contributed by atoms with Crippen molar-refractivity contribution < 1.29 is 9.53 Å². The van der Waals surface area contributed by atoms with Gasteiger partial charge in [-0.15, -0.1) is 5.10 Å². The number of fused-ring (bicyclic) bond motifs is 3. The first-order valence-corrected chi connectivity index (χ1v) is 8.27. The molecule has 24 heavy (non-hydrogen) atoms. The average molecular weight is 327 g/mol. The van der Waals surface area contributed by atoms with E-state index in [1.54, 1.807) is 11.1 Å². The molecule has 1 saturated heterocycles. The molecule has 3 heterocycles. The second kappa shape index (κ2) is 6.33. The van der Waals surface area contributed by atoms with Crippen LogP contribution in [0.15, 0.2) is 36.5 Å². The number of likely N-dealkylation sites (N-methyl/N-ethyl adjacent to an activating group) is 1. The third kappa shape index (κ3) is 2.81. The highest BCUT2D eigenvalue weighted by Crippen LogP contribution is 2.29. The molecule has 0 radical (unpaired) electrons. The van der Waals surface area contributed by atoms with E-state index >= 15 is 0 Å². The minimum absolute atomic E-state index is 0.0928. The Labute approximate surface area is 140 Å². The number of aromatic nitrogens is 3. The van der Waals surface area contributed by atoms with Gasteiger partial charge in [-0.05, 0) is 18.6 Å². The van der Waals surface area contributed by atoms with E-state index in [-0.39, 0.29) is 18.1 Å². The summed E-state index contributed by atoms with van der Waals surface area (Å²) in [5.74, 6) is 0.0928. The van der Waals surface area contributed by atoms with E-state index in [4.69, 9.17) is 4.74 Å². The van der Waals surface area contributed by atoms with Crippen molar-refractivity contribution in [2.24, 2.45) is 0 Å². The zero-order chi connectivity index (χ0) is 16.5. The van der Waals surface area contributed by atoms with Crippen molar-refractivity contribution in [3.8, 4) is 0 Å². The molecule has 2 aliphatic rings. The van der Waals surface area contributed by atoms with E-state index in [1.807, 2.05) is 42.1 Å². The molecule has 2 atom stereocenters. The number of benzene rings is 1. The quantitative estimate of drug-likeness (QED) is 0.844. The first-order valence-electron chi connectivity index (χ1n) is 8.27. The molecule has 0 bridgehead atoms. The Morgan fingerprint density at radius 2 is 2.21 bits per heavy atom. The molecular weight excluding hydrogens is 306 g/mol. The third-order valence-electron chi connectivity index (χ3n) is 4.89. The lowest BCUT2D eigenvalue weighted by molar-refractivity contribution is -0.121. The zero-order valence-electron chi connectivity index (χ0n) is 13.7. The van der Waals surface area contributed by atoms with Crippen LogP contribution in [0.3, 0.4) is 0 Å². The molecule has 0 spiro atoms. The predicted molar refractivity (Wildman–Crippen MR) is 88.5 cm³/mol. The number of carbonyl (C=O) groups excluding carboxylic acids is 1. The summed E-state index contributed by atoms with van der Waals surface area (Å²) in [6.07, 6.45) is 2.83. The second-order valence-corrected chi connectivity index (χ2v) is 6.40. The van der Waals surface area contributed by atoms with E-state index in [9.17, 15) is 4.79 Å². The van der Waals surface area contributed by atoms with E-state index in [0.29, 0.717) is 13.2 Å². The second-order valence-electron chi connectivity index (χ2n) is 6.40. The lowest BCUT2D eigenvalue weighted by Crippen LogP contribution is -2.50. The van der Waals surface area contributed by atoms with E-state index in [0.717, 1.165) is 30.9 Å². The molecule has 0 N–H and O–H groups in total. The number of para-hydroxylation sites is 1. The number of piperidine rings is 1. The number of anilines is 1. The highest BCUT2D eigenvalue weighted by Gasteiger charge is 2.37. The lowest BCUT2D eigenvalue weighted by atomic mass is 10.0. The summed E-state index contributed by atoms with van der Waals surface area (Å²) in [5.41, 5.74) is 1.92. The van der Waals surface area contributed by atoms with Gasteiger partial charge in [0.25, 0.3) is 0 Å². The Morgan fingerprint density at radius 1 is 1.38 bits per heavy atom. The number of hydrogen-bond donors (Lipinski definition) is 0. The van der Waals surface area contributed by atoms with E-state index in [1.165, 1.54) is 0 Å². The minimum Gasteiger partial charge on any atom is -0.370 e. The van der Waals surface area contributed by atoms with Crippen LogP contribution in [0.4, 0.5) is 5.69 Å². The van der Waals surface area contributed by atoms with Gasteiger partial charge in [-0.25, -0.2) is 4.68 Å². The summed E-state index contributed by atoms with van der Waals surface area (Å²) >= 11 is 0. The highest BCUT2D eigenvalue weighted by molar-refractivity contribution is 5.94. The fourth-order valence-corrected chi connectivity index (χ4v) is 3.48. The summed E-state index contributed by atoms with van der Waals surface area (Å²) in [6.45, 7) is 2.59. The van der Waals surface area contributed by atoms with E-state index in [2.05, 4.69) is 15.2 Å². The number of ether oxygens (including phenoxy) is 1. The van der Waals surface area contributed by atoms with Crippen molar-refractivity contribution in [2.45, 2.75) is 25.2 Å². The Hall–Kier alpha value is -2.25. The maximum Gasteiger partial charge on any atom is 0.240 e. The molecule has 1 fully saturated rings. The van der Waals surface area contributed by atoms with Gasteiger partial charge >= 0.3 is 0 Å². The average Bonchev–Trinajstić information content (AvgIpc) is 3.11. The summed E-state index contributed by atoms with van der Waals surface area (Å²) in [5, 5.41) is 8.19. The zero-order valence-corrected chi connectivity index (χ0v) is 13.7. The first-order chi connectivity index (χ1) is 11.7. The smallest absolute Gasteiger partial charge is 0.240 e. The largest absolute Gasteiger partial charge is 0.370 e. The Balaban J connectivity index is 1.43. The van der Waals surface area contributed by atoms with Gasteiger partial charge in [0.15, 0.2) is 0 Å². The first kappa shape index (κ1) is 15.3. The molecule has 0 saturated carbocycles. The van der Waals surface area contributed by atoms with Crippen molar-refractivity contribution in [3.63, 3.8) is 0 Å². The molecule has 126 valence electrons. The molecule has 1 amide bonds. The monoisotopic (exact) mass is 327 g/mol. The molecule has 2 aromatic rings. The summed E-state index contributed by atoms with van der Waals surface area (Å²) in [4.78, 5) is 16.5. The molecule has 7 nitrogen and oxygen atoms in total.